The predicted octanol–water partition coefficient (Wildman–Crippen LogP) is 2.85. The van der Waals surface area contributed by atoms with Crippen LogP contribution in [0.2, 0.25) is 0 Å². The van der Waals surface area contributed by atoms with E-state index in [2.05, 4.69) is 10.4 Å². The quantitative estimate of drug-likeness (QED) is 0.831. The smallest absolute Gasteiger partial charge is 0.247 e. The highest BCUT2D eigenvalue weighted by Crippen LogP contribution is 2.21. The highest BCUT2D eigenvalue weighted by molar-refractivity contribution is 5.97. The molecule has 0 saturated carbocycles. The summed E-state index contributed by atoms with van der Waals surface area (Å²) in [6, 6.07) is 9.18. The predicted molar refractivity (Wildman–Crippen MR) is 108 cm³/mol. The van der Waals surface area contributed by atoms with Gasteiger partial charge in [0, 0.05) is 25.0 Å². The SMILES string of the molecule is COCCC(=O)N1CCCC[C@@H]1C(=O)Nc1ccc(-n2nc(C)cc2C)cc1. The average molecular weight is 384 g/mol. The van der Waals surface area contributed by atoms with Crippen LogP contribution in [0.5, 0.6) is 0 Å². The van der Waals surface area contributed by atoms with Crippen LogP contribution >= 0.6 is 0 Å². The lowest BCUT2D eigenvalue weighted by Gasteiger charge is -2.34. The van der Waals surface area contributed by atoms with Gasteiger partial charge in [0.2, 0.25) is 11.8 Å². The monoisotopic (exact) mass is 384 g/mol. The molecule has 28 heavy (non-hydrogen) atoms. The average Bonchev–Trinajstić information content (AvgIpc) is 3.04. The minimum absolute atomic E-state index is 0.0263. The molecule has 3 rings (SSSR count). The maximum atomic E-state index is 12.8. The van der Waals surface area contributed by atoms with Gasteiger partial charge in [0.25, 0.3) is 0 Å². The van der Waals surface area contributed by atoms with Crippen LogP contribution in [0.4, 0.5) is 5.69 Å². The summed E-state index contributed by atoms with van der Waals surface area (Å²) in [6.45, 7) is 4.96. The Morgan fingerprint density at radius 2 is 1.96 bits per heavy atom. The Hall–Kier alpha value is -2.67. The van der Waals surface area contributed by atoms with Crippen molar-refractivity contribution in [2.24, 2.45) is 0 Å². The summed E-state index contributed by atoms with van der Waals surface area (Å²) in [4.78, 5) is 26.9. The van der Waals surface area contributed by atoms with Gasteiger partial charge in [0.05, 0.1) is 24.4 Å². The zero-order valence-corrected chi connectivity index (χ0v) is 16.8. The zero-order valence-electron chi connectivity index (χ0n) is 16.8. The molecule has 150 valence electrons. The van der Waals surface area contributed by atoms with E-state index >= 15 is 0 Å². The maximum absolute atomic E-state index is 12.8. The second-order valence-corrected chi connectivity index (χ2v) is 7.22. The number of carbonyl (C=O) groups excluding carboxylic acids is 2. The first-order valence-electron chi connectivity index (χ1n) is 9.72. The number of benzene rings is 1. The molecule has 2 aromatic rings. The molecule has 1 aliphatic heterocycles. The van der Waals surface area contributed by atoms with E-state index in [1.54, 1.807) is 12.0 Å². The van der Waals surface area contributed by atoms with E-state index in [9.17, 15) is 9.59 Å². The summed E-state index contributed by atoms with van der Waals surface area (Å²) >= 11 is 0. The van der Waals surface area contributed by atoms with Crippen molar-refractivity contribution >= 4 is 17.5 Å². The molecule has 1 atom stereocenters. The first kappa shape index (κ1) is 20.1. The summed E-state index contributed by atoms with van der Waals surface area (Å²) in [5.41, 5.74) is 3.68. The molecule has 1 aromatic carbocycles. The molecule has 1 fully saturated rings. The third-order valence-electron chi connectivity index (χ3n) is 5.03. The first-order chi connectivity index (χ1) is 13.5. The Kier molecular flexibility index (Phi) is 6.46. The van der Waals surface area contributed by atoms with Gasteiger partial charge >= 0.3 is 0 Å². The van der Waals surface area contributed by atoms with Crippen LogP contribution in [0, 0.1) is 13.8 Å². The number of aromatic nitrogens is 2. The minimum atomic E-state index is -0.422. The Morgan fingerprint density at radius 1 is 1.21 bits per heavy atom. The summed E-state index contributed by atoms with van der Waals surface area (Å²) in [6.07, 6.45) is 2.87. The number of nitrogens with zero attached hydrogens (tertiary/aromatic N) is 3. The molecule has 0 unspecified atom stereocenters. The van der Waals surface area contributed by atoms with Crippen LogP contribution in [0.15, 0.2) is 30.3 Å². The largest absolute Gasteiger partial charge is 0.384 e. The number of nitrogens with one attached hydrogen (secondary N) is 1. The van der Waals surface area contributed by atoms with E-state index < -0.39 is 6.04 Å². The molecule has 0 radical (unpaired) electrons. The lowest BCUT2D eigenvalue weighted by Crippen LogP contribution is -2.50. The summed E-state index contributed by atoms with van der Waals surface area (Å²) in [5.74, 6) is -0.161. The highest BCUT2D eigenvalue weighted by Gasteiger charge is 2.31. The van der Waals surface area contributed by atoms with Gasteiger partial charge in [-0.3, -0.25) is 9.59 Å². The molecule has 2 heterocycles. The molecule has 2 amide bonds. The molecule has 1 aromatic heterocycles. The third-order valence-corrected chi connectivity index (χ3v) is 5.03. The number of piperidine rings is 1. The number of amides is 2. The van der Waals surface area contributed by atoms with E-state index in [0.717, 1.165) is 29.9 Å². The standard InChI is InChI=1S/C21H28N4O3/c1-15-14-16(2)25(23-15)18-9-7-17(8-10-18)22-21(27)19-6-4-5-12-24(19)20(26)11-13-28-3/h7-10,14,19H,4-6,11-13H2,1-3H3,(H,22,27)/t19-/m1/s1. The molecular formula is C21H28N4O3. The summed E-state index contributed by atoms with van der Waals surface area (Å²) in [7, 11) is 1.57. The second-order valence-electron chi connectivity index (χ2n) is 7.22. The van der Waals surface area contributed by atoms with Crippen LogP contribution in [0.1, 0.15) is 37.1 Å². The van der Waals surface area contributed by atoms with Crippen molar-refractivity contribution in [3.8, 4) is 5.69 Å². The highest BCUT2D eigenvalue weighted by atomic mass is 16.5. The molecule has 0 spiro atoms. The van der Waals surface area contributed by atoms with E-state index in [1.807, 2.05) is 48.9 Å². The topological polar surface area (TPSA) is 76.5 Å². The summed E-state index contributed by atoms with van der Waals surface area (Å²) < 4.78 is 6.87. The molecule has 7 heteroatoms. The fourth-order valence-electron chi connectivity index (χ4n) is 3.64. The van der Waals surface area contributed by atoms with Crippen molar-refractivity contribution in [1.82, 2.24) is 14.7 Å². The molecule has 1 saturated heterocycles. The number of likely N-dealkylation sites (tertiary alicyclic amines) is 1. The number of ether oxygens (including phenoxy) is 1. The molecule has 7 nitrogen and oxygen atoms in total. The van der Waals surface area contributed by atoms with Crippen molar-refractivity contribution in [1.29, 1.82) is 0 Å². The number of hydrogen-bond acceptors (Lipinski definition) is 4. The Labute approximate surface area is 165 Å². The number of rotatable bonds is 6. The van der Waals surface area contributed by atoms with Crippen molar-refractivity contribution in [2.45, 2.75) is 45.6 Å². The van der Waals surface area contributed by atoms with E-state index in [-0.39, 0.29) is 11.8 Å². The number of methoxy groups -OCH3 is 1. The van der Waals surface area contributed by atoms with Crippen LogP contribution in [0.25, 0.3) is 5.69 Å². The van der Waals surface area contributed by atoms with Crippen LogP contribution in [-0.2, 0) is 14.3 Å². The van der Waals surface area contributed by atoms with Gasteiger partial charge in [-0.05, 0) is 63.4 Å². The van der Waals surface area contributed by atoms with Gasteiger partial charge < -0.3 is 15.0 Å². The van der Waals surface area contributed by atoms with Crippen LogP contribution < -0.4 is 5.32 Å². The van der Waals surface area contributed by atoms with Crippen LogP contribution in [-0.4, -0.2) is 52.8 Å². The molecule has 1 aliphatic rings. The number of carbonyl (C=O) groups is 2. The normalized spacial score (nSPS) is 16.8. The molecular weight excluding hydrogens is 356 g/mol. The first-order valence-corrected chi connectivity index (χ1v) is 9.72. The number of aryl methyl sites for hydroxylation is 2. The number of hydrogen-bond donors (Lipinski definition) is 1. The van der Waals surface area contributed by atoms with Gasteiger partial charge in [0.15, 0.2) is 0 Å². The Morgan fingerprint density at radius 3 is 2.61 bits per heavy atom. The molecule has 0 aliphatic carbocycles. The van der Waals surface area contributed by atoms with E-state index in [0.29, 0.717) is 31.7 Å². The number of anilines is 1. The van der Waals surface area contributed by atoms with E-state index in [4.69, 9.17) is 4.74 Å². The minimum Gasteiger partial charge on any atom is -0.384 e. The Bertz CT molecular complexity index is 829. The second kappa shape index (κ2) is 9.01. The van der Waals surface area contributed by atoms with Crippen molar-refractivity contribution in [3.63, 3.8) is 0 Å². The lowest BCUT2D eigenvalue weighted by molar-refractivity contribution is -0.141. The maximum Gasteiger partial charge on any atom is 0.247 e. The fourth-order valence-corrected chi connectivity index (χ4v) is 3.64. The zero-order chi connectivity index (χ0) is 20.1. The van der Waals surface area contributed by atoms with Gasteiger partial charge in [-0.2, -0.15) is 5.10 Å². The van der Waals surface area contributed by atoms with E-state index in [1.165, 1.54) is 0 Å². The van der Waals surface area contributed by atoms with Gasteiger partial charge in [-0.25, -0.2) is 4.68 Å². The van der Waals surface area contributed by atoms with Gasteiger partial charge in [0.1, 0.15) is 6.04 Å². The third kappa shape index (κ3) is 4.59. The van der Waals surface area contributed by atoms with Crippen LogP contribution in [0.3, 0.4) is 0 Å². The molecule has 1 N–H and O–H groups in total. The Balaban J connectivity index is 1.67. The van der Waals surface area contributed by atoms with Crippen molar-refractivity contribution in [2.75, 3.05) is 25.6 Å². The summed E-state index contributed by atoms with van der Waals surface area (Å²) in [5, 5.41) is 7.43. The van der Waals surface area contributed by atoms with Crippen molar-refractivity contribution < 1.29 is 14.3 Å². The van der Waals surface area contributed by atoms with Gasteiger partial charge in [-0.15, -0.1) is 0 Å². The lowest BCUT2D eigenvalue weighted by atomic mass is 10.0. The van der Waals surface area contributed by atoms with Crippen molar-refractivity contribution in [3.05, 3.63) is 41.7 Å². The fraction of sp³-hybridized carbons (Fsp3) is 0.476. The molecule has 0 bridgehead atoms. The van der Waals surface area contributed by atoms with Gasteiger partial charge in [-0.1, -0.05) is 0 Å².